The summed E-state index contributed by atoms with van der Waals surface area (Å²) < 4.78 is 0. The van der Waals surface area contributed by atoms with Gasteiger partial charge in [-0.25, -0.2) is 0 Å². The second-order valence-electron chi connectivity index (χ2n) is 6.20. The molecule has 0 radical (unpaired) electrons. The van der Waals surface area contributed by atoms with Gasteiger partial charge in [-0.15, -0.1) is 0 Å². The van der Waals surface area contributed by atoms with Gasteiger partial charge in [0.1, 0.15) is 5.78 Å². The Hall–Kier alpha value is -3.25. The number of carbonyl (C=O) groups excluding carboxylic acids is 4. The minimum absolute atomic E-state index is 0.0639. The van der Waals surface area contributed by atoms with Crippen molar-refractivity contribution in [3.05, 3.63) is 64.8 Å². The van der Waals surface area contributed by atoms with Crippen molar-refractivity contribution in [2.45, 2.75) is 19.8 Å². The Bertz CT molecular complexity index is 949. The maximum atomic E-state index is 11.9. The first-order valence-corrected chi connectivity index (χ1v) is 8.81. The fourth-order valence-corrected chi connectivity index (χ4v) is 2.68. The van der Waals surface area contributed by atoms with Crippen LogP contribution in [0.5, 0.6) is 0 Å². The lowest BCUT2D eigenvalue weighted by atomic mass is 10.0. The number of nitrogens with one attached hydrogen (secondary N) is 1. The average Bonchev–Trinajstić information content (AvgIpc) is 2.61. The molecule has 0 heterocycles. The van der Waals surface area contributed by atoms with Crippen LogP contribution in [0.1, 0.15) is 25.3 Å². The van der Waals surface area contributed by atoms with Gasteiger partial charge in [-0.1, -0.05) is 48.0 Å². The summed E-state index contributed by atoms with van der Waals surface area (Å²) in [6.07, 6.45) is 0.845. The highest BCUT2D eigenvalue weighted by molar-refractivity contribution is 6.39. The van der Waals surface area contributed by atoms with Gasteiger partial charge in [0, 0.05) is 17.1 Å². The summed E-state index contributed by atoms with van der Waals surface area (Å²) in [6.45, 7) is 1.37. The maximum Gasteiger partial charge on any atom is 0.292 e. The number of allylic oxidation sites excluding steroid dienone is 1. The number of primary amides is 1. The Kier molecular flexibility index (Phi) is 7.23. The van der Waals surface area contributed by atoms with Crippen molar-refractivity contribution in [2.24, 2.45) is 5.73 Å². The Morgan fingerprint density at radius 3 is 2.25 bits per heavy atom. The van der Waals surface area contributed by atoms with Crippen LogP contribution in [-0.4, -0.2) is 23.4 Å². The molecular formula is C21H19ClN2O4. The molecule has 2 aromatic rings. The van der Waals surface area contributed by atoms with Gasteiger partial charge in [0.15, 0.2) is 0 Å². The molecule has 0 fully saturated rings. The lowest BCUT2D eigenvalue weighted by Crippen LogP contribution is -2.33. The van der Waals surface area contributed by atoms with Crippen LogP contribution in [0.15, 0.2) is 54.2 Å². The first kappa shape index (κ1) is 21.1. The number of Topliss-reactive ketones (excluding diaryl/α,β-unsaturated/α-hetero) is 2. The number of rotatable bonds is 8. The molecule has 0 spiro atoms. The predicted molar refractivity (Wildman–Crippen MR) is 107 cm³/mol. The molecule has 7 heteroatoms. The van der Waals surface area contributed by atoms with E-state index in [2.05, 4.69) is 5.32 Å². The quantitative estimate of drug-likeness (QED) is 0.526. The number of ketones is 2. The Morgan fingerprint density at radius 1 is 1.00 bits per heavy atom. The minimum atomic E-state index is -0.984. The van der Waals surface area contributed by atoms with E-state index in [4.69, 9.17) is 17.3 Å². The van der Waals surface area contributed by atoms with Gasteiger partial charge in [0.2, 0.25) is 11.7 Å². The van der Waals surface area contributed by atoms with E-state index in [0.717, 1.165) is 16.7 Å². The van der Waals surface area contributed by atoms with E-state index in [9.17, 15) is 19.2 Å². The first-order valence-electron chi connectivity index (χ1n) is 8.43. The molecule has 2 aromatic carbocycles. The van der Waals surface area contributed by atoms with Crippen LogP contribution >= 0.6 is 11.6 Å². The van der Waals surface area contributed by atoms with Crippen molar-refractivity contribution in [1.29, 1.82) is 0 Å². The zero-order valence-corrected chi connectivity index (χ0v) is 16.0. The number of benzene rings is 2. The van der Waals surface area contributed by atoms with Crippen molar-refractivity contribution in [2.75, 3.05) is 0 Å². The zero-order valence-electron chi connectivity index (χ0n) is 15.2. The number of nitrogens with two attached hydrogens (primary N) is 1. The zero-order chi connectivity index (χ0) is 20.7. The lowest BCUT2D eigenvalue weighted by molar-refractivity contribution is -0.139. The number of carbonyl (C=O) groups is 4. The third kappa shape index (κ3) is 6.48. The smallest absolute Gasteiger partial charge is 0.292 e. The normalized spacial score (nSPS) is 11.0. The largest absolute Gasteiger partial charge is 0.369 e. The van der Waals surface area contributed by atoms with Crippen LogP contribution in [-0.2, 0) is 19.2 Å². The van der Waals surface area contributed by atoms with E-state index in [1.165, 1.54) is 6.92 Å². The molecule has 0 aliphatic heterocycles. The van der Waals surface area contributed by atoms with Crippen LogP contribution in [0.2, 0.25) is 5.02 Å². The molecule has 0 bridgehead atoms. The van der Waals surface area contributed by atoms with E-state index >= 15 is 0 Å². The molecule has 2 rings (SSSR count). The summed E-state index contributed by atoms with van der Waals surface area (Å²) in [5.74, 6) is -3.03. The van der Waals surface area contributed by atoms with Gasteiger partial charge in [-0.3, -0.25) is 19.2 Å². The lowest BCUT2D eigenvalue weighted by Gasteiger charge is -2.09. The molecule has 3 N–H and O–H groups in total. The molecule has 0 saturated heterocycles. The van der Waals surface area contributed by atoms with E-state index in [-0.39, 0.29) is 17.9 Å². The number of amides is 2. The third-order valence-corrected chi connectivity index (χ3v) is 3.95. The highest BCUT2D eigenvalue weighted by Gasteiger charge is 2.17. The van der Waals surface area contributed by atoms with E-state index < -0.39 is 24.0 Å². The average molecular weight is 399 g/mol. The van der Waals surface area contributed by atoms with Gasteiger partial charge in [0.05, 0.1) is 6.42 Å². The summed E-state index contributed by atoms with van der Waals surface area (Å²) in [5.41, 5.74) is 7.81. The fourth-order valence-electron chi connectivity index (χ4n) is 2.49. The van der Waals surface area contributed by atoms with E-state index in [1.807, 2.05) is 42.5 Å². The molecule has 144 valence electrons. The van der Waals surface area contributed by atoms with Gasteiger partial charge >= 0.3 is 0 Å². The molecule has 0 unspecified atom stereocenters. The van der Waals surface area contributed by atoms with Crippen LogP contribution in [0.4, 0.5) is 0 Å². The monoisotopic (exact) mass is 398 g/mol. The Balaban J connectivity index is 2.21. The Labute approximate surface area is 167 Å². The number of halogens is 1. The van der Waals surface area contributed by atoms with Gasteiger partial charge in [0.25, 0.3) is 5.91 Å². The molecule has 0 aliphatic carbocycles. The topological polar surface area (TPSA) is 106 Å². The highest BCUT2D eigenvalue weighted by atomic mass is 35.5. The summed E-state index contributed by atoms with van der Waals surface area (Å²) in [4.78, 5) is 45.8. The van der Waals surface area contributed by atoms with Crippen molar-refractivity contribution in [3.63, 3.8) is 0 Å². The van der Waals surface area contributed by atoms with Crippen LogP contribution in [0, 0.1) is 0 Å². The SMILES string of the molecule is CC(=O)C/C(=C/c1ccc(-c2cccc(Cl)c2)cc1)NC(=O)C(=O)CC(N)=O. The van der Waals surface area contributed by atoms with Crippen LogP contribution < -0.4 is 11.1 Å². The molecule has 0 saturated carbocycles. The van der Waals surface area contributed by atoms with Crippen LogP contribution in [0.25, 0.3) is 17.2 Å². The molecule has 2 amide bonds. The van der Waals surface area contributed by atoms with Gasteiger partial charge in [-0.05, 0) is 41.8 Å². The molecule has 0 atom stereocenters. The van der Waals surface area contributed by atoms with Gasteiger partial charge in [-0.2, -0.15) is 0 Å². The number of hydrogen-bond acceptors (Lipinski definition) is 4. The van der Waals surface area contributed by atoms with Crippen molar-refractivity contribution in [3.8, 4) is 11.1 Å². The van der Waals surface area contributed by atoms with Crippen molar-refractivity contribution >= 4 is 41.1 Å². The summed E-state index contributed by atoms with van der Waals surface area (Å²) in [7, 11) is 0. The first-order chi connectivity index (χ1) is 13.2. The molecule has 28 heavy (non-hydrogen) atoms. The maximum absolute atomic E-state index is 11.9. The summed E-state index contributed by atoms with van der Waals surface area (Å²) in [5, 5.41) is 3.02. The second-order valence-corrected chi connectivity index (χ2v) is 6.64. The van der Waals surface area contributed by atoms with Gasteiger partial charge < -0.3 is 11.1 Å². The van der Waals surface area contributed by atoms with Crippen LogP contribution in [0.3, 0.4) is 0 Å². The third-order valence-electron chi connectivity index (χ3n) is 3.71. The molecule has 0 aromatic heterocycles. The summed E-state index contributed by atoms with van der Waals surface area (Å²) in [6, 6.07) is 14.8. The molecule has 0 aliphatic rings. The number of hydrogen-bond donors (Lipinski definition) is 2. The van der Waals surface area contributed by atoms with Crippen molar-refractivity contribution < 1.29 is 19.2 Å². The van der Waals surface area contributed by atoms with Crippen molar-refractivity contribution in [1.82, 2.24) is 5.32 Å². The summed E-state index contributed by atoms with van der Waals surface area (Å²) >= 11 is 6.01. The van der Waals surface area contributed by atoms with E-state index in [1.54, 1.807) is 12.1 Å². The standard InChI is InChI=1S/C21H19ClN2O4/c1-13(25)9-18(24-21(28)19(26)12-20(23)27)10-14-5-7-15(8-6-14)16-3-2-4-17(22)11-16/h2-8,10-11H,9,12H2,1H3,(H2,23,27)(H,24,28)/b18-10-. The molecular weight excluding hydrogens is 380 g/mol. The molecule has 6 nitrogen and oxygen atoms in total. The highest BCUT2D eigenvalue weighted by Crippen LogP contribution is 2.23. The minimum Gasteiger partial charge on any atom is -0.369 e. The predicted octanol–water partition coefficient (Wildman–Crippen LogP) is 2.89. The van der Waals surface area contributed by atoms with E-state index in [0.29, 0.717) is 5.02 Å². The second kappa shape index (κ2) is 9.62. The fraction of sp³-hybridized carbons (Fsp3) is 0.143. The Morgan fingerprint density at radius 2 is 1.68 bits per heavy atom.